The molecule has 0 radical (unpaired) electrons. The van der Waals surface area contributed by atoms with E-state index in [-0.39, 0.29) is 47.1 Å². The van der Waals surface area contributed by atoms with Gasteiger partial charge in [-0.05, 0) is 96.3 Å². The quantitative estimate of drug-likeness (QED) is 0.115. The molecule has 1 heterocycles. The van der Waals surface area contributed by atoms with Crippen molar-refractivity contribution in [3.8, 4) is 11.5 Å². The van der Waals surface area contributed by atoms with Gasteiger partial charge in [0.25, 0.3) is 0 Å². The fraction of sp³-hybridized carbons (Fsp3) is 0.216. The average molecular weight is 726 g/mol. The maximum atomic E-state index is 14.2. The lowest BCUT2D eigenvalue weighted by Gasteiger charge is -2.42. The van der Waals surface area contributed by atoms with Gasteiger partial charge in [0.1, 0.15) is 0 Å². The van der Waals surface area contributed by atoms with Crippen molar-refractivity contribution in [1.82, 2.24) is 0 Å². The molecule has 4 atom stereocenters. The van der Waals surface area contributed by atoms with Crippen molar-refractivity contribution in [2.45, 2.75) is 25.7 Å². The second-order valence-electron chi connectivity index (χ2n) is 12.0. The fourth-order valence-corrected chi connectivity index (χ4v) is 8.05. The number of fused-ring (bicyclic) bond motifs is 3. The van der Waals surface area contributed by atoms with Crippen LogP contribution in [0.2, 0.25) is 0 Å². The molecule has 0 bridgehead atoms. The van der Waals surface area contributed by atoms with E-state index in [4.69, 9.17) is 4.74 Å². The third-order valence-corrected chi connectivity index (χ3v) is 10.4. The Morgan fingerprint density at radius 2 is 1.63 bits per heavy atom. The predicted octanol–water partition coefficient (Wildman–Crippen LogP) is 5.87. The first kappa shape index (κ1) is 30.0. The molecule has 1 fully saturated rings. The number of nitrogens with zero attached hydrogens (tertiary/aromatic N) is 1. The second kappa shape index (κ2) is 11.3. The average Bonchev–Trinajstić information content (AvgIpc) is 3.33. The van der Waals surface area contributed by atoms with Crippen LogP contribution < -0.4 is 9.64 Å². The van der Waals surface area contributed by atoms with Crippen molar-refractivity contribution in [2.75, 3.05) is 12.0 Å². The number of rotatable bonds is 5. The van der Waals surface area contributed by atoms with Crippen LogP contribution in [0.4, 0.5) is 5.69 Å². The highest BCUT2D eigenvalue weighted by Gasteiger charge is 2.56. The van der Waals surface area contributed by atoms with Gasteiger partial charge in [-0.15, -0.1) is 0 Å². The minimum Gasteiger partial charge on any atom is -0.504 e. The van der Waals surface area contributed by atoms with Gasteiger partial charge in [0.2, 0.25) is 11.8 Å². The second-order valence-corrected chi connectivity index (χ2v) is 13.2. The van der Waals surface area contributed by atoms with Gasteiger partial charge in [-0.25, -0.2) is 0 Å². The molecule has 46 heavy (non-hydrogen) atoms. The predicted molar refractivity (Wildman–Crippen MR) is 178 cm³/mol. The minimum absolute atomic E-state index is 0.0306. The molecule has 4 aliphatic rings. The minimum atomic E-state index is -0.734. The standard InChI is InChI=1S/C37H28INO7/c1-18-14-28(40)26-17-25-23(30(32(26)33(18)41)21-15-27(38)35(43)29(16-21)46-2)12-13-24-31(25)37(45)39(36(24)44)22-10-8-20(9-11-22)34(42)19-6-4-3-5-7-19/h3-12,14-16,24-25,30-31,43H,13,17H2,1-2H3. The van der Waals surface area contributed by atoms with E-state index in [2.05, 4.69) is 0 Å². The molecule has 0 saturated carbocycles. The normalized spacial score (nSPS) is 23.8. The lowest BCUT2D eigenvalue weighted by atomic mass is 9.59. The summed E-state index contributed by atoms with van der Waals surface area (Å²) in [6, 6.07) is 18.8. The molecule has 8 nitrogen and oxygen atoms in total. The SMILES string of the molecule is COc1cc(C2C3=CCC4C(=O)N(c5ccc(C(=O)c6ccccc6)cc5)C(=O)C4C3CC3=C2C(=O)C(C)=CC3=O)cc(I)c1O. The number of phenols is 1. The number of allylic oxidation sites excluding steroid dienone is 6. The van der Waals surface area contributed by atoms with Crippen LogP contribution in [0, 0.1) is 21.3 Å². The van der Waals surface area contributed by atoms with Gasteiger partial charge in [0, 0.05) is 33.8 Å². The van der Waals surface area contributed by atoms with Crippen molar-refractivity contribution in [3.05, 3.63) is 121 Å². The summed E-state index contributed by atoms with van der Waals surface area (Å²) >= 11 is 2.00. The Hall–Kier alpha value is -4.64. The summed E-state index contributed by atoms with van der Waals surface area (Å²) in [5.41, 5.74) is 3.89. The molecule has 2 amide bonds. The Labute approximate surface area is 278 Å². The van der Waals surface area contributed by atoms with Crippen LogP contribution in [-0.4, -0.2) is 41.4 Å². The zero-order valence-electron chi connectivity index (χ0n) is 25.0. The van der Waals surface area contributed by atoms with Crippen molar-refractivity contribution in [2.24, 2.45) is 17.8 Å². The molecule has 3 aromatic rings. The van der Waals surface area contributed by atoms with E-state index < -0.39 is 23.7 Å². The summed E-state index contributed by atoms with van der Waals surface area (Å²) in [5.74, 6) is -3.68. The molecule has 7 rings (SSSR count). The van der Waals surface area contributed by atoms with Crippen molar-refractivity contribution >= 4 is 57.4 Å². The Morgan fingerprint density at radius 3 is 2.33 bits per heavy atom. The number of Topliss-reactive ketones (excluding diaryl/α,β-unsaturated/α-hetero) is 1. The van der Waals surface area contributed by atoms with Crippen LogP contribution in [0.25, 0.3) is 0 Å². The first-order chi connectivity index (χ1) is 22.1. The highest BCUT2D eigenvalue weighted by molar-refractivity contribution is 14.1. The number of carbonyl (C=O) groups is 5. The number of amides is 2. The van der Waals surface area contributed by atoms with E-state index in [1.165, 1.54) is 18.1 Å². The lowest BCUT2D eigenvalue weighted by Crippen LogP contribution is -2.39. The number of phenolic OH excluding ortho intramolecular Hbond substituents is 1. The van der Waals surface area contributed by atoms with Crippen LogP contribution >= 0.6 is 22.6 Å². The first-order valence-electron chi connectivity index (χ1n) is 14.9. The molecular formula is C37H28INO7. The molecule has 1 aliphatic heterocycles. The highest BCUT2D eigenvalue weighted by atomic mass is 127. The lowest BCUT2D eigenvalue weighted by molar-refractivity contribution is -0.123. The Bertz CT molecular complexity index is 1970. The summed E-state index contributed by atoms with van der Waals surface area (Å²) < 4.78 is 5.94. The maximum Gasteiger partial charge on any atom is 0.238 e. The van der Waals surface area contributed by atoms with Gasteiger partial charge in [0.05, 0.1) is 28.2 Å². The first-order valence-corrected chi connectivity index (χ1v) is 16.0. The van der Waals surface area contributed by atoms with E-state index in [0.29, 0.717) is 49.1 Å². The molecule has 3 aliphatic carbocycles. The van der Waals surface area contributed by atoms with Crippen LogP contribution in [-0.2, 0) is 19.2 Å². The van der Waals surface area contributed by atoms with Crippen molar-refractivity contribution in [1.29, 1.82) is 0 Å². The van der Waals surface area contributed by atoms with Gasteiger partial charge in [-0.3, -0.25) is 28.9 Å². The molecule has 0 aromatic heterocycles. The summed E-state index contributed by atoms with van der Waals surface area (Å²) in [6.45, 7) is 1.62. The smallest absolute Gasteiger partial charge is 0.238 e. The number of hydrogen-bond acceptors (Lipinski definition) is 7. The largest absolute Gasteiger partial charge is 0.504 e. The highest BCUT2D eigenvalue weighted by Crippen LogP contribution is 2.56. The summed E-state index contributed by atoms with van der Waals surface area (Å²) in [7, 11) is 1.44. The molecule has 4 unspecified atom stereocenters. The van der Waals surface area contributed by atoms with Gasteiger partial charge in [-0.1, -0.05) is 42.0 Å². The van der Waals surface area contributed by atoms with Crippen LogP contribution in [0.3, 0.4) is 0 Å². The summed E-state index contributed by atoms with van der Waals surface area (Å²) in [4.78, 5) is 69.3. The number of methoxy groups -OCH3 is 1. The Morgan fingerprint density at radius 1 is 0.935 bits per heavy atom. The van der Waals surface area contributed by atoms with Gasteiger partial charge in [-0.2, -0.15) is 0 Å². The van der Waals surface area contributed by atoms with Crippen LogP contribution in [0.5, 0.6) is 11.5 Å². The van der Waals surface area contributed by atoms with E-state index in [0.717, 1.165) is 5.57 Å². The molecule has 3 aromatic carbocycles. The van der Waals surface area contributed by atoms with E-state index in [1.54, 1.807) is 67.6 Å². The monoisotopic (exact) mass is 725 g/mol. The zero-order valence-corrected chi connectivity index (χ0v) is 27.1. The molecule has 1 N–H and O–H groups in total. The van der Waals surface area contributed by atoms with E-state index in [1.807, 2.05) is 34.7 Å². The number of anilines is 1. The Kier molecular flexibility index (Phi) is 7.38. The molecular weight excluding hydrogens is 697 g/mol. The third kappa shape index (κ3) is 4.59. The van der Waals surface area contributed by atoms with Crippen LogP contribution in [0.15, 0.2) is 101 Å². The molecule has 9 heteroatoms. The van der Waals surface area contributed by atoms with Gasteiger partial charge >= 0.3 is 0 Å². The number of carbonyl (C=O) groups excluding carboxylic acids is 5. The van der Waals surface area contributed by atoms with Crippen LogP contribution in [0.1, 0.15) is 47.2 Å². The number of aromatic hydroxyl groups is 1. The van der Waals surface area contributed by atoms with Gasteiger partial charge < -0.3 is 9.84 Å². The number of ether oxygens (including phenoxy) is 1. The molecule has 0 spiro atoms. The van der Waals surface area contributed by atoms with Crippen molar-refractivity contribution < 1.29 is 33.8 Å². The Balaban J connectivity index is 1.27. The number of hydrogen-bond donors (Lipinski definition) is 1. The molecule has 1 saturated heterocycles. The van der Waals surface area contributed by atoms with E-state index in [9.17, 15) is 29.1 Å². The molecule has 230 valence electrons. The van der Waals surface area contributed by atoms with Gasteiger partial charge in [0.15, 0.2) is 28.8 Å². The number of halogens is 1. The fourth-order valence-electron chi connectivity index (χ4n) is 7.43. The van der Waals surface area contributed by atoms with Crippen molar-refractivity contribution in [3.63, 3.8) is 0 Å². The number of ketones is 3. The number of benzene rings is 3. The zero-order chi connectivity index (χ0) is 32.4. The maximum absolute atomic E-state index is 14.2. The summed E-state index contributed by atoms with van der Waals surface area (Å²) in [6.07, 6.45) is 3.76. The summed E-state index contributed by atoms with van der Waals surface area (Å²) in [5, 5.41) is 10.6. The van der Waals surface area contributed by atoms with E-state index >= 15 is 0 Å². The topological polar surface area (TPSA) is 118 Å². The third-order valence-electron chi connectivity index (χ3n) is 9.59. The number of imide groups is 1.